The zero-order chi connectivity index (χ0) is 19.4. The number of amides is 1. The van der Waals surface area contributed by atoms with Gasteiger partial charge in [0.25, 0.3) is 5.91 Å². The molecule has 4 nitrogen and oxygen atoms in total. The zero-order valence-corrected chi connectivity index (χ0v) is 18.2. The van der Waals surface area contributed by atoms with Crippen molar-refractivity contribution in [3.8, 4) is 18.1 Å². The highest BCUT2D eigenvalue weighted by molar-refractivity contribution is 9.11. The second-order valence-corrected chi connectivity index (χ2v) is 8.36. The predicted octanol–water partition coefficient (Wildman–Crippen LogP) is 5.42. The Labute approximate surface area is 178 Å². The van der Waals surface area contributed by atoms with Gasteiger partial charge in [0.15, 0.2) is 5.17 Å². The quantitative estimate of drug-likeness (QED) is 0.445. The van der Waals surface area contributed by atoms with E-state index in [2.05, 4.69) is 48.1 Å². The second-order valence-electron chi connectivity index (χ2n) is 5.62. The van der Waals surface area contributed by atoms with E-state index in [1.807, 2.05) is 43.3 Å². The molecule has 0 bridgehead atoms. The van der Waals surface area contributed by atoms with E-state index >= 15 is 0 Å². The number of ether oxygens (including phenoxy) is 1. The minimum Gasteiger partial charge on any atom is -0.479 e. The summed E-state index contributed by atoms with van der Waals surface area (Å²) >= 11 is 8.25. The standard InChI is InChI=1S/C20H14Br2N2O2S/c1-3-8-26-18-15(21)9-13(10-16(18)22)11-17-19(25)24-20(27-17)23-14-6-4-12(2)5-7-14/h1,4-7,9-11H,8H2,2H3,(H,23,24,25)/b17-11+. The molecule has 1 aliphatic rings. The molecular formula is C20H14Br2N2O2S. The van der Waals surface area contributed by atoms with Crippen LogP contribution < -0.4 is 10.1 Å². The summed E-state index contributed by atoms with van der Waals surface area (Å²) in [6.45, 7) is 2.19. The summed E-state index contributed by atoms with van der Waals surface area (Å²) in [6, 6.07) is 11.5. The summed E-state index contributed by atoms with van der Waals surface area (Å²) < 4.78 is 6.99. The largest absolute Gasteiger partial charge is 0.479 e. The van der Waals surface area contributed by atoms with Crippen molar-refractivity contribution in [2.45, 2.75) is 6.92 Å². The fourth-order valence-corrected chi connectivity index (χ4v) is 4.58. The average Bonchev–Trinajstić information content (AvgIpc) is 2.95. The van der Waals surface area contributed by atoms with E-state index in [4.69, 9.17) is 11.2 Å². The molecule has 0 saturated carbocycles. The van der Waals surface area contributed by atoms with Crippen LogP contribution in [-0.4, -0.2) is 17.7 Å². The van der Waals surface area contributed by atoms with Gasteiger partial charge in [-0.3, -0.25) is 4.79 Å². The number of amidine groups is 1. The maximum atomic E-state index is 12.3. The lowest BCUT2D eigenvalue weighted by atomic mass is 10.2. The molecule has 0 aliphatic carbocycles. The lowest BCUT2D eigenvalue weighted by Crippen LogP contribution is -2.19. The molecule has 2 aromatic carbocycles. The van der Waals surface area contributed by atoms with Gasteiger partial charge in [0.1, 0.15) is 12.4 Å². The van der Waals surface area contributed by atoms with Gasteiger partial charge in [-0.1, -0.05) is 23.6 Å². The minimum atomic E-state index is -0.175. The first-order valence-electron chi connectivity index (χ1n) is 7.88. The third-order valence-corrected chi connectivity index (χ3v) is 5.62. The van der Waals surface area contributed by atoms with Crippen LogP contribution in [0.5, 0.6) is 5.75 Å². The highest BCUT2D eigenvalue weighted by Gasteiger charge is 2.24. The van der Waals surface area contributed by atoms with E-state index in [1.54, 1.807) is 6.08 Å². The molecule has 1 aliphatic heterocycles. The molecule has 0 radical (unpaired) electrons. The zero-order valence-electron chi connectivity index (χ0n) is 14.3. The molecular weight excluding hydrogens is 492 g/mol. The Balaban J connectivity index is 1.82. The molecule has 0 atom stereocenters. The molecule has 1 heterocycles. The molecule has 0 aromatic heterocycles. The van der Waals surface area contributed by atoms with Gasteiger partial charge in [-0.05, 0) is 86.5 Å². The number of carbonyl (C=O) groups is 1. The first kappa shape index (κ1) is 19.7. The number of halogens is 2. The Bertz CT molecular complexity index is 969. The number of hydrogen-bond donors (Lipinski definition) is 1. The van der Waals surface area contributed by atoms with Crippen LogP contribution in [0, 0.1) is 19.3 Å². The number of hydrogen-bond acceptors (Lipinski definition) is 4. The molecule has 1 N–H and O–H groups in total. The maximum absolute atomic E-state index is 12.3. The maximum Gasteiger partial charge on any atom is 0.264 e. The number of nitrogens with zero attached hydrogens (tertiary/aromatic N) is 1. The Morgan fingerprint density at radius 3 is 2.56 bits per heavy atom. The minimum absolute atomic E-state index is 0.175. The third kappa shape index (κ3) is 5.04. The average molecular weight is 506 g/mol. The summed E-state index contributed by atoms with van der Waals surface area (Å²) in [6.07, 6.45) is 7.04. The number of benzene rings is 2. The van der Waals surface area contributed by atoms with Crippen LogP contribution in [0.4, 0.5) is 5.69 Å². The summed E-state index contributed by atoms with van der Waals surface area (Å²) in [5, 5.41) is 3.35. The van der Waals surface area contributed by atoms with Crippen molar-refractivity contribution in [2.24, 2.45) is 4.99 Å². The van der Waals surface area contributed by atoms with Gasteiger partial charge in [-0.15, -0.1) is 6.42 Å². The van der Waals surface area contributed by atoms with Gasteiger partial charge in [0.2, 0.25) is 0 Å². The van der Waals surface area contributed by atoms with Crippen LogP contribution in [0.1, 0.15) is 11.1 Å². The SMILES string of the molecule is C#CCOc1c(Br)cc(/C=C2/SC(=Nc3ccc(C)cc3)NC2=O)cc1Br. The van der Waals surface area contributed by atoms with Gasteiger partial charge in [0.05, 0.1) is 19.5 Å². The summed E-state index contributed by atoms with van der Waals surface area (Å²) in [5.74, 6) is 2.88. The van der Waals surface area contributed by atoms with Crippen molar-refractivity contribution < 1.29 is 9.53 Å². The molecule has 0 unspecified atom stereocenters. The number of thioether (sulfide) groups is 1. The van der Waals surface area contributed by atoms with Gasteiger partial charge in [-0.2, -0.15) is 0 Å². The number of rotatable bonds is 4. The van der Waals surface area contributed by atoms with Crippen molar-refractivity contribution in [3.63, 3.8) is 0 Å². The Morgan fingerprint density at radius 1 is 1.26 bits per heavy atom. The van der Waals surface area contributed by atoms with Gasteiger partial charge >= 0.3 is 0 Å². The molecule has 1 fully saturated rings. The molecule has 3 rings (SSSR count). The predicted molar refractivity (Wildman–Crippen MR) is 118 cm³/mol. The van der Waals surface area contributed by atoms with E-state index < -0.39 is 0 Å². The van der Waals surface area contributed by atoms with E-state index in [9.17, 15) is 4.79 Å². The van der Waals surface area contributed by atoms with Crippen LogP contribution in [0.2, 0.25) is 0 Å². The van der Waals surface area contributed by atoms with E-state index in [0.717, 1.165) is 25.8 Å². The number of terminal acetylenes is 1. The molecule has 27 heavy (non-hydrogen) atoms. The van der Waals surface area contributed by atoms with Crippen LogP contribution in [0.25, 0.3) is 6.08 Å². The van der Waals surface area contributed by atoms with Gasteiger partial charge in [0, 0.05) is 0 Å². The van der Waals surface area contributed by atoms with Crippen molar-refractivity contribution in [1.29, 1.82) is 0 Å². The highest BCUT2D eigenvalue weighted by Crippen LogP contribution is 2.36. The Hall–Kier alpha value is -2.01. The smallest absolute Gasteiger partial charge is 0.264 e. The topological polar surface area (TPSA) is 50.7 Å². The molecule has 1 amide bonds. The fraction of sp³-hybridized carbons (Fsp3) is 0.100. The number of aliphatic imine (C=N–C) groups is 1. The van der Waals surface area contributed by atoms with E-state index in [1.165, 1.54) is 11.8 Å². The lowest BCUT2D eigenvalue weighted by Gasteiger charge is -2.09. The summed E-state index contributed by atoms with van der Waals surface area (Å²) in [5.41, 5.74) is 2.80. The second kappa shape index (κ2) is 8.79. The molecule has 0 spiro atoms. The van der Waals surface area contributed by atoms with Crippen molar-refractivity contribution in [2.75, 3.05) is 6.61 Å². The van der Waals surface area contributed by atoms with Crippen molar-refractivity contribution >= 4 is 66.5 Å². The monoisotopic (exact) mass is 504 g/mol. The van der Waals surface area contributed by atoms with Crippen molar-refractivity contribution in [1.82, 2.24) is 5.32 Å². The Kier molecular flexibility index (Phi) is 6.42. The fourth-order valence-electron chi connectivity index (χ4n) is 2.28. The van der Waals surface area contributed by atoms with Crippen LogP contribution in [0.15, 0.2) is 55.2 Å². The highest BCUT2D eigenvalue weighted by atomic mass is 79.9. The Morgan fingerprint density at radius 2 is 1.93 bits per heavy atom. The number of carbonyl (C=O) groups excluding carboxylic acids is 1. The third-order valence-electron chi connectivity index (χ3n) is 3.53. The number of aryl methyl sites for hydroxylation is 1. The lowest BCUT2D eigenvalue weighted by molar-refractivity contribution is -0.115. The van der Waals surface area contributed by atoms with E-state index in [-0.39, 0.29) is 12.5 Å². The number of nitrogens with one attached hydrogen (secondary N) is 1. The van der Waals surface area contributed by atoms with Crippen molar-refractivity contribution in [3.05, 3.63) is 61.4 Å². The van der Waals surface area contributed by atoms with E-state index in [0.29, 0.717) is 15.8 Å². The molecule has 1 saturated heterocycles. The molecule has 2 aromatic rings. The molecule has 136 valence electrons. The molecule has 7 heteroatoms. The van der Waals surface area contributed by atoms with Crippen LogP contribution in [-0.2, 0) is 4.79 Å². The first-order valence-corrected chi connectivity index (χ1v) is 10.3. The van der Waals surface area contributed by atoms with Gasteiger partial charge < -0.3 is 10.1 Å². The van der Waals surface area contributed by atoms with Gasteiger partial charge in [-0.25, -0.2) is 4.99 Å². The summed E-state index contributed by atoms with van der Waals surface area (Å²) in [7, 11) is 0. The summed E-state index contributed by atoms with van der Waals surface area (Å²) in [4.78, 5) is 17.3. The van der Waals surface area contributed by atoms with Crippen LogP contribution in [0.3, 0.4) is 0 Å². The first-order chi connectivity index (χ1) is 13.0. The van der Waals surface area contributed by atoms with Crippen LogP contribution >= 0.6 is 43.6 Å². The normalized spacial score (nSPS) is 16.4.